The predicted molar refractivity (Wildman–Crippen MR) is 121 cm³/mol. The first-order valence-electron chi connectivity index (χ1n) is 10.7. The maximum Gasteiger partial charge on any atom is 0.188 e. The molecule has 0 spiro atoms. The summed E-state index contributed by atoms with van der Waals surface area (Å²) in [6, 6.07) is 9.65. The number of carbonyl (C=O) groups excluding carboxylic acids is 1. The van der Waals surface area contributed by atoms with Crippen molar-refractivity contribution in [2.45, 2.75) is 38.7 Å². The molecule has 1 saturated heterocycles. The molecular weight excluding hydrogens is 397 g/mol. The Balaban J connectivity index is 1.61. The molecular formula is C24H32FN3O3. The van der Waals surface area contributed by atoms with Gasteiger partial charge in [-0.25, -0.2) is 9.37 Å². The molecule has 1 aliphatic heterocycles. The lowest BCUT2D eigenvalue weighted by atomic mass is 9.96. The maximum absolute atomic E-state index is 15.1. The zero-order valence-electron chi connectivity index (χ0n) is 18.8. The van der Waals surface area contributed by atoms with E-state index in [0.717, 1.165) is 24.3 Å². The van der Waals surface area contributed by atoms with Crippen LogP contribution in [0.15, 0.2) is 36.5 Å². The van der Waals surface area contributed by atoms with Crippen LogP contribution in [-0.2, 0) is 9.53 Å². The Morgan fingerprint density at radius 1 is 1.32 bits per heavy atom. The van der Waals surface area contributed by atoms with Crippen molar-refractivity contribution < 1.29 is 18.7 Å². The van der Waals surface area contributed by atoms with Crippen molar-refractivity contribution in [1.82, 2.24) is 4.98 Å². The van der Waals surface area contributed by atoms with E-state index in [9.17, 15) is 4.79 Å². The summed E-state index contributed by atoms with van der Waals surface area (Å²) >= 11 is 0. The monoisotopic (exact) mass is 429 g/mol. The Kier molecular flexibility index (Phi) is 7.85. The average Bonchev–Trinajstić information content (AvgIpc) is 3.20. The molecule has 2 heterocycles. The van der Waals surface area contributed by atoms with Crippen LogP contribution in [0.4, 0.5) is 15.9 Å². The zero-order valence-corrected chi connectivity index (χ0v) is 18.8. The van der Waals surface area contributed by atoms with Gasteiger partial charge in [-0.3, -0.25) is 0 Å². The van der Waals surface area contributed by atoms with Gasteiger partial charge in [0, 0.05) is 46.3 Å². The highest BCUT2D eigenvalue weighted by Gasteiger charge is 2.27. The minimum Gasteiger partial charge on any atom is -0.489 e. The molecule has 1 aliphatic rings. The lowest BCUT2D eigenvalue weighted by molar-refractivity contribution is -0.117. The van der Waals surface area contributed by atoms with Crippen LogP contribution in [0.25, 0.3) is 0 Å². The number of ether oxygens (including phenoxy) is 2. The van der Waals surface area contributed by atoms with Crippen molar-refractivity contribution in [3.8, 4) is 5.75 Å². The topological polar surface area (TPSA) is 54.9 Å². The van der Waals surface area contributed by atoms with E-state index < -0.39 is 0 Å². The lowest BCUT2D eigenvalue weighted by Gasteiger charge is -2.23. The molecule has 0 saturated carbocycles. The lowest BCUT2D eigenvalue weighted by Crippen LogP contribution is -2.28. The van der Waals surface area contributed by atoms with Crippen LogP contribution >= 0.6 is 0 Å². The normalized spacial score (nSPS) is 16.9. The molecule has 7 heteroatoms. The number of aromatic nitrogens is 1. The molecule has 0 aliphatic carbocycles. The van der Waals surface area contributed by atoms with Gasteiger partial charge in [-0.05, 0) is 36.6 Å². The van der Waals surface area contributed by atoms with Crippen molar-refractivity contribution in [1.29, 1.82) is 0 Å². The van der Waals surface area contributed by atoms with E-state index in [1.165, 1.54) is 0 Å². The maximum atomic E-state index is 15.1. The summed E-state index contributed by atoms with van der Waals surface area (Å²) in [7, 11) is 3.43. The molecule has 0 radical (unpaired) electrons. The molecule has 168 valence electrons. The van der Waals surface area contributed by atoms with Crippen molar-refractivity contribution >= 4 is 17.3 Å². The molecule has 2 atom stereocenters. The SMILES string of the molecule is COCCN(C)c1nccc(N2CC[C@@H](Oc3ccc([C@H](C)CC(C)=O)cc3)C2)c1F. The smallest absolute Gasteiger partial charge is 0.188 e. The highest BCUT2D eigenvalue weighted by Crippen LogP contribution is 2.30. The number of methoxy groups -OCH3 is 1. The summed E-state index contributed by atoms with van der Waals surface area (Å²) in [5.74, 6) is 1.19. The van der Waals surface area contributed by atoms with Gasteiger partial charge in [-0.1, -0.05) is 19.1 Å². The largest absolute Gasteiger partial charge is 0.489 e. The number of benzene rings is 1. The van der Waals surface area contributed by atoms with Gasteiger partial charge in [0.2, 0.25) is 0 Å². The molecule has 0 N–H and O–H groups in total. The first-order chi connectivity index (χ1) is 14.9. The number of pyridine rings is 1. The van der Waals surface area contributed by atoms with Gasteiger partial charge >= 0.3 is 0 Å². The molecule has 0 unspecified atom stereocenters. The number of nitrogens with zero attached hydrogens (tertiary/aromatic N) is 3. The standard InChI is InChI=1S/C24H32FN3O3/c1-17(15-18(2)29)19-5-7-20(8-6-19)31-21-10-12-28(16-21)22-9-11-26-24(23(22)25)27(3)13-14-30-4/h5-9,11,17,21H,10,12-16H2,1-4H3/t17-,21-/m1/s1. The van der Waals surface area contributed by atoms with Crippen LogP contribution in [0.5, 0.6) is 5.75 Å². The van der Waals surface area contributed by atoms with E-state index in [4.69, 9.17) is 9.47 Å². The molecule has 3 rings (SSSR count). The Morgan fingerprint density at radius 2 is 2.06 bits per heavy atom. The summed E-state index contributed by atoms with van der Waals surface area (Å²) in [4.78, 5) is 19.3. The van der Waals surface area contributed by atoms with E-state index >= 15 is 4.39 Å². The Morgan fingerprint density at radius 3 is 2.74 bits per heavy atom. The fourth-order valence-corrected chi connectivity index (χ4v) is 3.93. The minimum atomic E-state index is -0.314. The Bertz CT molecular complexity index is 875. The van der Waals surface area contributed by atoms with Gasteiger partial charge in [-0.15, -0.1) is 0 Å². The number of carbonyl (C=O) groups is 1. The molecule has 0 amide bonds. The number of hydrogen-bond acceptors (Lipinski definition) is 6. The van der Waals surface area contributed by atoms with Gasteiger partial charge in [0.15, 0.2) is 11.6 Å². The number of Topliss-reactive ketones (excluding diaryl/α,β-unsaturated/α-hetero) is 1. The van der Waals surface area contributed by atoms with Crippen LogP contribution in [0.2, 0.25) is 0 Å². The third-order valence-corrected chi connectivity index (χ3v) is 5.67. The van der Waals surface area contributed by atoms with Gasteiger partial charge < -0.3 is 24.1 Å². The first kappa shape index (κ1) is 23.0. The first-order valence-corrected chi connectivity index (χ1v) is 10.7. The third-order valence-electron chi connectivity index (χ3n) is 5.67. The number of hydrogen-bond donors (Lipinski definition) is 0. The number of likely N-dealkylation sites (N-methyl/N-ethyl adjacent to an activating group) is 1. The number of anilines is 2. The van der Waals surface area contributed by atoms with Crippen molar-refractivity contribution in [3.05, 3.63) is 47.9 Å². The van der Waals surface area contributed by atoms with Gasteiger partial charge in [0.05, 0.1) is 18.8 Å². The van der Waals surface area contributed by atoms with Gasteiger partial charge in [0.1, 0.15) is 17.6 Å². The molecule has 1 aromatic carbocycles. The van der Waals surface area contributed by atoms with Crippen LogP contribution in [0, 0.1) is 5.82 Å². The van der Waals surface area contributed by atoms with Gasteiger partial charge in [-0.2, -0.15) is 0 Å². The van der Waals surface area contributed by atoms with Crippen LogP contribution in [0.1, 0.15) is 38.2 Å². The van der Waals surface area contributed by atoms with Crippen LogP contribution in [-0.4, -0.2) is 57.3 Å². The summed E-state index contributed by atoms with van der Waals surface area (Å²) in [5.41, 5.74) is 1.67. The van der Waals surface area contributed by atoms with Crippen LogP contribution < -0.4 is 14.5 Å². The van der Waals surface area contributed by atoms with Crippen molar-refractivity contribution in [2.24, 2.45) is 0 Å². The quantitative estimate of drug-likeness (QED) is 0.568. The van der Waals surface area contributed by atoms with E-state index in [-0.39, 0.29) is 23.6 Å². The van der Waals surface area contributed by atoms with Gasteiger partial charge in [0.25, 0.3) is 0 Å². The van der Waals surface area contributed by atoms with Crippen molar-refractivity contribution in [2.75, 3.05) is 50.2 Å². The molecule has 2 aromatic rings. The second-order valence-corrected chi connectivity index (χ2v) is 8.23. The molecule has 31 heavy (non-hydrogen) atoms. The fourth-order valence-electron chi connectivity index (χ4n) is 3.93. The molecule has 1 fully saturated rings. The Hall–Kier alpha value is -2.67. The second-order valence-electron chi connectivity index (χ2n) is 8.23. The highest BCUT2D eigenvalue weighted by atomic mass is 19.1. The summed E-state index contributed by atoms with van der Waals surface area (Å²) < 4.78 is 26.3. The summed E-state index contributed by atoms with van der Waals surface area (Å²) in [6.45, 7) is 6.08. The van der Waals surface area contributed by atoms with Crippen molar-refractivity contribution in [3.63, 3.8) is 0 Å². The molecule has 0 bridgehead atoms. The van der Waals surface area contributed by atoms with Crippen LogP contribution in [0.3, 0.4) is 0 Å². The number of ketones is 1. The second kappa shape index (κ2) is 10.6. The summed E-state index contributed by atoms with van der Waals surface area (Å²) in [6.07, 6.45) is 2.99. The minimum absolute atomic E-state index is 0.0114. The Labute approximate surface area is 184 Å². The highest BCUT2D eigenvalue weighted by molar-refractivity contribution is 5.76. The fraction of sp³-hybridized carbons (Fsp3) is 0.500. The average molecular weight is 430 g/mol. The summed E-state index contributed by atoms with van der Waals surface area (Å²) in [5, 5.41) is 0. The third kappa shape index (κ3) is 5.94. The number of rotatable bonds is 10. The zero-order chi connectivity index (χ0) is 22.4. The van der Waals surface area contributed by atoms with E-state index in [2.05, 4.69) is 11.9 Å². The van der Waals surface area contributed by atoms with E-state index in [0.29, 0.717) is 37.6 Å². The number of halogens is 1. The predicted octanol–water partition coefficient (Wildman–Crippen LogP) is 4.04. The van der Waals surface area contributed by atoms with E-state index in [1.54, 1.807) is 31.2 Å². The molecule has 6 nitrogen and oxygen atoms in total. The molecule has 1 aromatic heterocycles. The van der Waals surface area contributed by atoms with E-state index in [1.807, 2.05) is 36.2 Å².